The molecule has 33 heavy (non-hydrogen) atoms. The number of carboxylic acids is 1. The van der Waals surface area contributed by atoms with Gasteiger partial charge >= 0.3 is 5.97 Å². The van der Waals surface area contributed by atoms with E-state index in [-0.39, 0.29) is 29.2 Å². The van der Waals surface area contributed by atoms with Gasteiger partial charge in [0.25, 0.3) is 0 Å². The number of nitrogens with one attached hydrogen (secondary N) is 1. The van der Waals surface area contributed by atoms with Gasteiger partial charge in [-0.3, -0.25) is 0 Å². The standard InChI is InChI=1S/C22H16ClFN4O4S/c23-12-1-2-15(25)13(6-12)11-5-10-3-4-22(31,19(10)28(32)8-11)21-26-7-16(27-21)14-9-33-18(17(14)24)20(29)30/h1-2,5-9,31H,3-4,25H2,(H,26,27)(H,29,30). The van der Waals surface area contributed by atoms with Gasteiger partial charge in [0.2, 0.25) is 11.3 Å². The lowest BCUT2D eigenvalue weighted by molar-refractivity contribution is -0.620. The highest BCUT2D eigenvalue weighted by atomic mass is 35.5. The molecule has 0 bridgehead atoms. The van der Waals surface area contributed by atoms with Crippen LogP contribution in [0.5, 0.6) is 0 Å². The maximum absolute atomic E-state index is 14.5. The number of nitrogens with zero attached hydrogens (tertiary/aromatic N) is 2. The molecule has 5 N–H and O–H groups in total. The monoisotopic (exact) mass is 486 g/mol. The van der Waals surface area contributed by atoms with Gasteiger partial charge in [0, 0.05) is 44.5 Å². The van der Waals surface area contributed by atoms with Crippen molar-refractivity contribution in [2.24, 2.45) is 0 Å². The first-order valence-corrected chi connectivity index (χ1v) is 11.1. The van der Waals surface area contributed by atoms with E-state index in [4.69, 9.17) is 22.4 Å². The molecule has 0 amide bonds. The number of carbonyl (C=O) groups is 1. The Morgan fingerprint density at radius 3 is 2.88 bits per heavy atom. The first kappa shape index (κ1) is 21.4. The van der Waals surface area contributed by atoms with Crippen LogP contribution in [-0.2, 0) is 12.0 Å². The number of rotatable bonds is 4. The Morgan fingerprint density at radius 2 is 2.15 bits per heavy atom. The van der Waals surface area contributed by atoms with Gasteiger partial charge in [-0.05, 0) is 37.1 Å². The zero-order valence-electron chi connectivity index (χ0n) is 16.8. The Bertz CT molecular complexity index is 1440. The predicted molar refractivity (Wildman–Crippen MR) is 120 cm³/mol. The van der Waals surface area contributed by atoms with Gasteiger partial charge in [-0.25, -0.2) is 14.2 Å². The summed E-state index contributed by atoms with van der Waals surface area (Å²) >= 11 is 6.83. The van der Waals surface area contributed by atoms with E-state index in [2.05, 4.69) is 9.97 Å². The maximum atomic E-state index is 14.5. The summed E-state index contributed by atoms with van der Waals surface area (Å²) in [6, 6.07) is 6.76. The van der Waals surface area contributed by atoms with E-state index in [1.165, 1.54) is 17.8 Å². The highest BCUT2D eigenvalue weighted by Crippen LogP contribution is 2.41. The molecule has 0 aliphatic heterocycles. The van der Waals surface area contributed by atoms with E-state index in [1.54, 1.807) is 24.3 Å². The Balaban J connectivity index is 1.56. The molecule has 168 valence electrons. The SMILES string of the molecule is Nc1ccc(Cl)cc1-c1cc2c([n+]([O-])c1)C(O)(c1nc(-c3csc(C(=O)O)c3F)c[nH]1)CC2. The lowest BCUT2D eigenvalue weighted by Crippen LogP contribution is -2.42. The molecule has 1 unspecified atom stereocenters. The van der Waals surface area contributed by atoms with Crippen molar-refractivity contribution in [3.8, 4) is 22.4 Å². The fraction of sp³-hybridized carbons (Fsp3) is 0.136. The van der Waals surface area contributed by atoms with E-state index in [9.17, 15) is 19.5 Å². The number of aromatic amines is 1. The number of imidazole rings is 1. The minimum Gasteiger partial charge on any atom is -0.618 e. The summed E-state index contributed by atoms with van der Waals surface area (Å²) in [5.74, 6) is -2.20. The van der Waals surface area contributed by atoms with Gasteiger partial charge in [-0.1, -0.05) is 11.6 Å². The molecule has 3 aromatic heterocycles. The van der Waals surface area contributed by atoms with Crippen LogP contribution < -0.4 is 10.5 Å². The van der Waals surface area contributed by atoms with Gasteiger partial charge in [0.15, 0.2) is 12.0 Å². The van der Waals surface area contributed by atoms with Crippen LogP contribution in [0.3, 0.4) is 0 Å². The van der Waals surface area contributed by atoms with E-state index < -0.39 is 22.3 Å². The molecule has 1 aliphatic rings. The average molecular weight is 487 g/mol. The quantitative estimate of drug-likeness (QED) is 0.197. The molecule has 0 fully saturated rings. The number of aromatic nitrogens is 3. The van der Waals surface area contributed by atoms with E-state index in [0.29, 0.717) is 38.6 Å². The number of nitrogens with two attached hydrogens (primary N) is 1. The van der Waals surface area contributed by atoms with Crippen molar-refractivity contribution in [2.45, 2.75) is 18.4 Å². The summed E-state index contributed by atoms with van der Waals surface area (Å²) in [6.45, 7) is 0. The number of halogens is 2. The molecule has 1 aromatic carbocycles. The number of thiophene rings is 1. The van der Waals surface area contributed by atoms with Gasteiger partial charge in [0.05, 0.1) is 5.69 Å². The number of carboxylic acid groups (broad SMARTS) is 1. The van der Waals surface area contributed by atoms with Gasteiger partial charge in [0.1, 0.15) is 10.7 Å². The van der Waals surface area contributed by atoms with Crippen LogP contribution in [0.1, 0.15) is 33.2 Å². The number of aryl methyl sites for hydroxylation is 1. The summed E-state index contributed by atoms with van der Waals surface area (Å²) in [7, 11) is 0. The van der Waals surface area contributed by atoms with Crippen molar-refractivity contribution >= 4 is 34.6 Å². The second-order valence-corrected chi connectivity index (χ2v) is 9.07. The molecule has 0 saturated heterocycles. The molecular weight excluding hydrogens is 471 g/mol. The fourth-order valence-corrected chi connectivity index (χ4v) is 5.13. The number of nitrogen functional groups attached to an aromatic ring is 1. The Hall–Kier alpha value is -3.47. The third-order valence-electron chi connectivity index (χ3n) is 5.76. The highest BCUT2D eigenvalue weighted by Gasteiger charge is 2.48. The second kappa shape index (κ2) is 7.55. The minimum atomic E-state index is -1.73. The molecular formula is C22H16ClFN4O4S. The lowest BCUT2D eigenvalue weighted by atomic mass is 9.98. The van der Waals surface area contributed by atoms with E-state index >= 15 is 0 Å². The van der Waals surface area contributed by atoms with Crippen molar-refractivity contribution in [2.75, 3.05) is 5.73 Å². The highest BCUT2D eigenvalue weighted by molar-refractivity contribution is 7.12. The summed E-state index contributed by atoms with van der Waals surface area (Å²) in [6.07, 6.45) is 3.27. The van der Waals surface area contributed by atoms with Crippen LogP contribution in [0.15, 0.2) is 42.0 Å². The molecule has 5 rings (SSSR count). The number of aliphatic hydroxyl groups is 1. The van der Waals surface area contributed by atoms with E-state index in [0.717, 1.165) is 11.3 Å². The molecule has 0 radical (unpaired) electrons. The third kappa shape index (κ3) is 3.34. The number of H-pyrrole nitrogens is 1. The van der Waals surface area contributed by atoms with Crippen LogP contribution in [0.2, 0.25) is 5.02 Å². The van der Waals surface area contributed by atoms with Crippen LogP contribution in [0.25, 0.3) is 22.4 Å². The smallest absolute Gasteiger partial charge is 0.348 e. The molecule has 3 heterocycles. The Morgan fingerprint density at radius 1 is 1.36 bits per heavy atom. The van der Waals surface area contributed by atoms with Crippen molar-refractivity contribution < 1.29 is 24.1 Å². The lowest BCUT2D eigenvalue weighted by Gasteiger charge is -2.20. The maximum Gasteiger partial charge on any atom is 0.348 e. The zero-order chi connectivity index (χ0) is 23.5. The van der Waals surface area contributed by atoms with Crippen molar-refractivity contribution in [3.63, 3.8) is 0 Å². The number of benzene rings is 1. The number of anilines is 1. The minimum absolute atomic E-state index is 0.00324. The summed E-state index contributed by atoms with van der Waals surface area (Å²) in [4.78, 5) is 17.8. The Kier molecular flexibility index (Phi) is 4.89. The number of hydrogen-bond donors (Lipinski definition) is 4. The predicted octanol–water partition coefficient (Wildman–Crippen LogP) is 3.69. The number of fused-ring (bicyclic) bond motifs is 1. The molecule has 1 aliphatic carbocycles. The molecule has 0 saturated carbocycles. The van der Waals surface area contributed by atoms with Crippen LogP contribution in [-0.4, -0.2) is 26.2 Å². The first-order chi connectivity index (χ1) is 15.7. The van der Waals surface area contributed by atoms with Crippen molar-refractivity contribution in [1.29, 1.82) is 0 Å². The largest absolute Gasteiger partial charge is 0.618 e. The van der Waals surface area contributed by atoms with Gasteiger partial charge < -0.3 is 26.1 Å². The van der Waals surface area contributed by atoms with Gasteiger partial charge in [-0.2, -0.15) is 4.73 Å². The zero-order valence-corrected chi connectivity index (χ0v) is 18.4. The van der Waals surface area contributed by atoms with E-state index in [1.807, 2.05) is 0 Å². The molecule has 1 atom stereocenters. The molecule has 4 aromatic rings. The summed E-state index contributed by atoms with van der Waals surface area (Å²) in [5, 5.41) is 35.3. The molecule has 0 spiro atoms. The average Bonchev–Trinajstić information content (AvgIpc) is 3.47. The summed E-state index contributed by atoms with van der Waals surface area (Å²) < 4.78 is 15.1. The van der Waals surface area contributed by atoms with Crippen molar-refractivity contribution in [3.05, 3.63) is 80.0 Å². The topological polar surface area (TPSA) is 139 Å². The number of aromatic carboxylic acids is 1. The van der Waals surface area contributed by atoms with Crippen LogP contribution >= 0.6 is 22.9 Å². The van der Waals surface area contributed by atoms with Crippen LogP contribution in [0, 0.1) is 11.0 Å². The molecule has 8 nitrogen and oxygen atoms in total. The normalized spacial score (nSPS) is 17.3. The van der Waals surface area contributed by atoms with Gasteiger partial charge in [-0.15, -0.1) is 11.3 Å². The molecule has 11 heteroatoms. The number of pyridine rings is 1. The third-order valence-corrected chi connectivity index (χ3v) is 6.93. The first-order valence-electron chi connectivity index (χ1n) is 9.80. The summed E-state index contributed by atoms with van der Waals surface area (Å²) in [5.41, 5.74) is 6.83. The van der Waals surface area contributed by atoms with Crippen molar-refractivity contribution in [1.82, 2.24) is 9.97 Å². The second-order valence-electron chi connectivity index (χ2n) is 7.75. The Labute approximate surface area is 195 Å². The van der Waals surface area contributed by atoms with Crippen LogP contribution in [0.4, 0.5) is 10.1 Å². The fourth-order valence-electron chi connectivity index (χ4n) is 4.19. The number of hydrogen-bond acceptors (Lipinski definition) is 6.